The predicted molar refractivity (Wildman–Crippen MR) is 138 cm³/mol. The second kappa shape index (κ2) is 10.7. The Morgan fingerprint density at radius 1 is 1.11 bits per heavy atom. The molecule has 1 aliphatic heterocycles. The van der Waals surface area contributed by atoms with Gasteiger partial charge < -0.3 is 4.74 Å². The second-order valence-corrected chi connectivity index (χ2v) is 8.27. The standard InChI is InChI=1S/C29H26N4O3/c1-4-14-32-28(34)25(20(3)26(18-30)29(32)35)17-22-19-33(23-11-7-6-8-12-23)31-27(22)21-10-9-13-24(16-21)36-15-5-2/h4,6-13,16-17,19H,1,5,14-15H2,2-3H3/b25-17+. The fourth-order valence-electron chi connectivity index (χ4n) is 3.96. The van der Waals surface area contributed by atoms with E-state index in [1.807, 2.05) is 73.8 Å². The smallest absolute Gasteiger partial charge is 0.271 e. The molecule has 0 saturated carbocycles. The van der Waals surface area contributed by atoms with Gasteiger partial charge in [0.2, 0.25) is 0 Å². The SMILES string of the molecule is C=CCN1C(=O)C(C#N)=C(C)/C(=C\c2cn(-c3ccccc3)nc2-c2cccc(OCCC)c2)C1=O. The fraction of sp³-hybridized carbons (Fsp3) is 0.172. The number of carbonyl (C=O) groups is 2. The summed E-state index contributed by atoms with van der Waals surface area (Å²) in [6.45, 7) is 7.91. The molecule has 2 aromatic carbocycles. The zero-order chi connectivity index (χ0) is 25.7. The van der Waals surface area contributed by atoms with Crippen LogP contribution in [0.5, 0.6) is 5.75 Å². The molecule has 7 nitrogen and oxygen atoms in total. The maximum absolute atomic E-state index is 13.3. The van der Waals surface area contributed by atoms with Crippen LogP contribution in [-0.4, -0.2) is 39.6 Å². The Morgan fingerprint density at radius 2 is 1.89 bits per heavy atom. The van der Waals surface area contributed by atoms with Gasteiger partial charge in [-0.3, -0.25) is 14.5 Å². The van der Waals surface area contributed by atoms with E-state index in [0.29, 0.717) is 23.4 Å². The molecule has 0 radical (unpaired) electrons. The molecular formula is C29H26N4O3. The number of carbonyl (C=O) groups excluding carboxylic acids is 2. The van der Waals surface area contributed by atoms with Crippen molar-refractivity contribution in [2.24, 2.45) is 0 Å². The Morgan fingerprint density at radius 3 is 2.58 bits per heavy atom. The summed E-state index contributed by atoms with van der Waals surface area (Å²) in [4.78, 5) is 27.0. The quantitative estimate of drug-likeness (QED) is 0.255. The summed E-state index contributed by atoms with van der Waals surface area (Å²) in [6.07, 6.45) is 5.87. The summed E-state index contributed by atoms with van der Waals surface area (Å²) in [5, 5.41) is 14.4. The van der Waals surface area contributed by atoms with Crippen molar-refractivity contribution in [3.63, 3.8) is 0 Å². The van der Waals surface area contributed by atoms with Crippen LogP contribution in [-0.2, 0) is 9.59 Å². The number of amides is 2. The number of aromatic nitrogens is 2. The summed E-state index contributed by atoms with van der Waals surface area (Å²) in [7, 11) is 0. The van der Waals surface area contributed by atoms with Crippen molar-refractivity contribution in [1.82, 2.24) is 14.7 Å². The van der Waals surface area contributed by atoms with Crippen molar-refractivity contribution in [1.29, 1.82) is 5.26 Å². The van der Waals surface area contributed by atoms with Crippen LogP contribution in [0.3, 0.4) is 0 Å². The molecule has 0 atom stereocenters. The normalized spacial score (nSPS) is 14.8. The van der Waals surface area contributed by atoms with Gasteiger partial charge in [0, 0.05) is 29.4 Å². The van der Waals surface area contributed by atoms with Crippen LogP contribution in [0.4, 0.5) is 0 Å². The Labute approximate surface area is 210 Å². The number of benzene rings is 2. The lowest BCUT2D eigenvalue weighted by Gasteiger charge is -2.26. The van der Waals surface area contributed by atoms with Crippen LogP contribution in [0.1, 0.15) is 25.8 Å². The Bertz CT molecular complexity index is 1420. The van der Waals surface area contributed by atoms with Crippen molar-refractivity contribution < 1.29 is 14.3 Å². The highest BCUT2D eigenvalue weighted by molar-refractivity contribution is 6.19. The van der Waals surface area contributed by atoms with Gasteiger partial charge in [-0.1, -0.05) is 43.3 Å². The van der Waals surface area contributed by atoms with Crippen LogP contribution in [0.25, 0.3) is 23.0 Å². The second-order valence-electron chi connectivity index (χ2n) is 8.27. The number of imide groups is 1. The van der Waals surface area contributed by atoms with Gasteiger partial charge in [-0.2, -0.15) is 10.4 Å². The lowest BCUT2D eigenvalue weighted by molar-refractivity contribution is -0.139. The van der Waals surface area contributed by atoms with Gasteiger partial charge >= 0.3 is 0 Å². The average molecular weight is 479 g/mol. The zero-order valence-corrected chi connectivity index (χ0v) is 20.3. The third-order valence-electron chi connectivity index (χ3n) is 5.78. The zero-order valence-electron chi connectivity index (χ0n) is 20.3. The topological polar surface area (TPSA) is 88.2 Å². The number of hydrogen-bond donors (Lipinski definition) is 0. The molecule has 3 aromatic rings. The maximum atomic E-state index is 13.3. The van der Waals surface area contributed by atoms with E-state index in [-0.39, 0.29) is 17.7 Å². The van der Waals surface area contributed by atoms with Crippen LogP contribution in [0.15, 0.2) is 90.2 Å². The van der Waals surface area contributed by atoms with E-state index in [2.05, 4.69) is 6.58 Å². The van der Waals surface area contributed by atoms with Gasteiger partial charge in [0.1, 0.15) is 23.1 Å². The largest absolute Gasteiger partial charge is 0.494 e. The molecule has 180 valence electrons. The molecule has 36 heavy (non-hydrogen) atoms. The van der Waals surface area contributed by atoms with Crippen LogP contribution < -0.4 is 4.74 Å². The highest BCUT2D eigenvalue weighted by Gasteiger charge is 2.35. The third kappa shape index (κ3) is 4.75. The Kier molecular flexibility index (Phi) is 7.26. The number of nitrogens with zero attached hydrogens (tertiary/aromatic N) is 4. The molecule has 0 unspecified atom stereocenters. The molecule has 0 aliphatic carbocycles. The van der Waals surface area contributed by atoms with Crippen LogP contribution >= 0.6 is 0 Å². The highest BCUT2D eigenvalue weighted by atomic mass is 16.5. The minimum atomic E-state index is -0.613. The molecule has 0 spiro atoms. The first-order chi connectivity index (χ1) is 17.5. The van der Waals surface area contributed by atoms with Crippen LogP contribution in [0.2, 0.25) is 0 Å². The van der Waals surface area contributed by atoms with E-state index in [1.54, 1.807) is 17.7 Å². The Balaban J connectivity index is 1.90. The first-order valence-corrected chi connectivity index (χ1v) is 11.7. The van der Waals surface area contributed by atoms with Crippen LogP contribution in [0, 0.1) is 11.3 Å². The molecule has 0 fully saturated rings. The van der Waals surface area contributed by atoms with Crippen molar-refractivity contribution in [3.8, 4) is 28.8 Å². The van der Waals surface area contributed by atoms with E-state index in [9.17, 15) is 14.9 Å². The molecule has 1 aromatic heterocycles. The van der Waals surface area contributed by atoms with Crippen molar-refractivity contribution in [2.75, 3.05) is 13.2 Å². The molecule has 1 aliphatic rings. The lowest BCUT2D eigenvalue weighted by atomic mass is 9.93. The summed E-state index contributed by atoms with van der Waals surface area (Å²) in [6, 6.07) is 19.2. The van der Waals surface area contributed by atoms with Crippen molar-refractivity contribution in [2.45, 2.75) is 20.3 Å². The summed E-state index contributed by atoms with van der Waals surface area (Å²) in [5.41, 5.74) is 3.51. The Hall–Kier alpha value is -4.70. The predicted octanol–water partition coefficient (Wildman–Crippen LogP) is 5.11. The molecule has 0 N–H and O–H groups in total. The molecular weight excluding hydrogens is 452 g/mol. The molecule has 4 rings (SSSR count). The average Bonchev–Trinajstić information content (AvgIpc) is 3.33. The molecule has 2 heterocycles. The summed E-state index contributed by atoms with van der Waals surface area (Å²) < 4.78 is 7.55. The number of rotatable bonds is 8. The minimum absolute atomic E-state index is 0.0143. The van der Waals surface area contributed by atoms with E-state index in [1.165, 1.54) is 6.08 Å². The number of hydrogen-bond acceptors (Lipinski definition) is 5. The third-order valence-corrected chi connectivity index (χ3v) is 5.78. The van der Waals surface area contributed by atoms with Gasteiger partial charge in [0.25, 0.3) is 11.8 Å². The first-order valence-electron chi connectivity index (χ1n) is 11.7. The molecule has 7 heteroatoms. The number of nitriles is 1. The van der Waals surface area contributed by atoms with E-state index < -0.39 is 11.8 Å². The fourth-order valence-corrected chi connectivity index (χ4v) is 3.96. The summed E-state index contributed by atoms with van der Waals surface area (Å²) in [5.74, 6) is -0.366. The van der Waals surface area contributed by atoms with Gasteiger partial charge in [-0.05, 0) is 49.3 Å². The van der Waals surface area contributed by atoms with Crippen molar-refractivity contribution >= 4 is 17.9 Å². The van der Waals surface area contributed by atoms with Gasteiger partial charge in [0.05, 0.1) is 12.3 Å². The van der Waals surface area contributed by atoms with Gasteiger partial charge in [-0.15, -0.1) is 6.58 Å². The maximum Gasteiger partial charge on any atom is 0.271 e. The lowest BCUT2D eigenvalue weighted by Crippen LogP contribution is -2.42. The van der Waals surface area contributed by atoms with Gasteiger partial charge in [0.15, 0.2) is 0 Å². The number of para-hydroxylation sites is 1. The van der Waals surface area contributed by atoms with Gasteiger partial charge in [-0.25, -0.2) is 4.68 Å². The molecule has 0 bridgehead atoms. The molecule has 0 saturated heterocycles. The summed E-state index contributed by atoms with van der Waals surface area (Å²) >= 11 is 0. The van der Waals surface area contributed by atoms with E-state index in [4.69, 9.17) is 9.84 Å². The minimum Gasteiger partial charge on any atom is -0.494 e. The molecule has 2 amide bonds. The first kappa shape index (κ1) is 24.4. The monoisotopic (exact) mass is 478 g/mol. The van der Waals surface area contributed by atoms with Crippen molar-refractivity contribution in [3.05, 3.63) is 95.7 Å². The van der Waals surface area contributed by atoms with E-state index >= 15 is 0 Å². The highest BCUT2D eigenvalue weighted by Crippen LogP contribution is 2.32. The van der Waals surface area contributed by atoms with E-state index in [0.717, 1.165) is 28.3 Å². The number of ether oxygens (including phenoxy) is 1.